The lowest BCUT2D eigenvalue weighted by molar-refractivity contribution is 0.100. The molecule has 7 heteroatoms. The van der Waals surface area contributed by atoms with E-state index in [0.29, 0.717) is 28.8 Å². The zero-order valence-electron chi connectivity index (χ0n) is 17.2. The van der Waals surface area contributed by atoms with E-state index in [1.807, 2.05) is 44.2 Å². The molecule has 1 amide bonds. The monoisotopic (exact) mass is 427 g/mol. The summed E-state index contributed by atoms with van der Waals surface area (Å²) in [4.78, 5) is 18.4. The molecule has 0 saturated carbocycles. The summed E-state index contributed by atoms with van der Waals surface area (Å²) < 4.78 is 11.9. The van der Waals surface area contributed by atoms with Crippen LogP contribution in [0.2, 0.25) is 5.02 Å². The Labute approximate surface area is 181 Å². The number of hydrogen-bond donors (Lipinski definition) is 1. The topological polar surface area (TPSA) is 77.7 Å². The summed E-state index contributed by atoms with van der Waals surface area (Å²) in [6.45, 7) is 5.30. The molecule has 1 atom stereocenters. The van der Waals surface area contributed by atoms with E-state index < -0.39 is 5.91 Å². The van der Waals surface area contributed by atoms with E-state index in [-0.39, 0.29) is 6.10 Å². The van der Waals surface area contributed by atoms with Gasteiger partial charge in [-0.2, -0.15) is 0 Å². The average molecular weight is 428 g/mol. The van der Waals surface area contributed by atoms with Crippen molar-refractivity contribution in [1.82, 2.24) is 4.98 Å². The fourth-order valence-electron chi connectivity index (χ4n) is 3.36. The van der Waals surface area contributed by atoms with Gasteiger partial charge in [-0.1, -0.05) is 24.6 Å². The van der Waals surface area contributed by atoms with E-state index in [2.05, 4.69) is 9.88 Å². The van der Waals surface area contributed by atoms with Gasteiger partial charge in [-0.25, -0.2) is 4.98 Å². The molecule has 1 aromatic carbocycles. The SMILES string of the molecule is C/C=C\C(=C/CC)Oc1ccc(N2CC[C@H](Oc3ncccc3Cl)C2)c(C(N)=O)c1. The van der Waals surface area contributed by atoms with E-state index in [1.54, 1.807) is 24.4 Å². The Balaban J connectivity index is 1.76. The summed E-state index contributed by atoms with van der Waals surface area (Å²) in [5.74, 6) is 1.21. The van der Waals surface area contributed by atoms with Crippen LogP contribution in [-0.4, -0.2) is 30.1 Å². The van der Waals surface area contributed by atoms with Crippen molar-refractivity contribution in [1.29, 1.82) is 0 Å². The molecule has 2 heterocycles. The molecule has 1 aliphatic rings. The van der Waals surface area contributed by atoms with Crippen LogP contribution in [0.5, 0.6) is 11.6 Å². The summed E-state index contributed by atoms with van der Waals surface area (Å²) in [5.41, 5.74) is 6.85. The number of anilines is 1. The summed E-state index contributed by atoms with van der Waals surface area (Å²) in [6, 6.07) is 8.91. The van der Waals surface area contributed by atoms with Crippen LogP contribution in [0.25, 0.3) is 0 Å². The van der Waals surface area contributed by atoms with Crippen LogP contribution in [-0.2, 0) is 0 Å². The predicted molar refractivity (Wildman–Crippen MR) is 119 cm³/mol. The number of pyridine rings is 1. The lowest BCUT2D eigenvalue weighted by Gasteiger charge is -2.22. The Morgan fingerprint density at radius 3 is 2.93 bits per heavy atom. The average Bonchev–Trinajstić information content (AvgIpc) is 3.18. The van der Waals surface area contributed by atoms with Gasteiger partial charge in [-0.3, -0.25) is 4.79 Å². The zero-order valence-corrected chi connectivity index (χ0v) is 17.9. The first-order valence-electron chi connectivity index (χ1n) is 9.98. The smallest absolute Gasteiger partial charge is 0.250 e. The van der Waals surface area contributed by atoms with Crippen LogP contribution in [0.1, 0.15) is 37.0 Å². The fraction of sp³-hybridized carbons (Fsp3) is 0.304. The minimum absolute atomic E-state index is 0.0807. The molecule has 3 rings (SSSR count). The molecule has 1 saturated heterocycles. The van der Waals surface area contributed by atoms with Crippen LogP contribution in [0, 0.1) is 0 Å². The van der Waals surface area contributed by atoms with Crippen LogP contribution in [0.3, 0.4) is 0 Å². The van der Waals surface area contributed by atoms with Gasteiger partial charge in [0.1, 0.15) is 22.6 Å². The lowest BCUT2D eigenvalue weighted by Crippen LogP contribution is -2.27. The number of rotatable bonds is 8. The Morgan fingerprint density at radius 2 is 2.23 bits per heavy atom. The maximum absolute atomic E-state index is 12.1. The van der Waals surface area contributed by atoms with Crippen LogP contribution < -0.4 is 20.1 Å². The molecular weight excluding hydrogens is 402 g/mol. The molecule has 0 unspecified atom stereocenters. The van der Waals surface area contributed by atoms with Gasteiger partial charge in [0.05, 0.1) is 12.1 Å². The second-order valence-corrected chi connectivity index (χ2v) is 7.33. The quantitative estimate of drug-likeness (QED) is 0.486. The highest BCUT2D eigenvalue weighted by Crippen LogP contribution is 2.31. The number of aromatic nitrogens is 1. The highest BCUT2D eigenvalue weighted by Gasteiger charge is 2.27. The van der Waals surface area contributed by atoms with Crippen molar-refractivity contribution in [3.63, 3.8) is 0 Å². The van der Waals surface area contributed by atoms with Gasteiger partial charge in [0.15, 0.2) is 0 Å². The second-order valence-electron chi connectivity index (χ2n) is 6.92. The van der Waals surface area contributed by atoms with Gasteiger partial charge in [0.2, 0.25) is 5.88 Å². The van der Waals surface area contributed by atoms with Crippen LogP contribution in [0.15, 0.2) is 60.5 Å². The first-order chi connectivity index (χ1) is 14.5. The second kappa shape index (κ2) is 10.2. The number of amides is 1. The zero-order chi connectivity index (χ0) is 21.5. The minimum atomic E-state index is -0.500. The normalized spacial score (nSPS) is 16.8. The minimum Gasteiger partial charge on any atom is -0.471 e. The van der Waals surface area contributed by atoms with Gasteiger partial charge < -0.3 is 20.1 Å². The molecule has 1 aliphatic heterocycles. The molecule has 0 aliphatic carbocycles. The standard InChI is InChI=1S/C23H26ClN3O3/c1-3-6-16(7-4-2)29-17-9-10-21(19(14-17)22(25)28)27-13-11-18(15-27)30-23-20(24)8-5-12-26-23/h3,5-10,12,14,18H,4,11,13,15H2,1-2H3,(H2,25,28)/b6-3-,16-7+/t18-/m0/s1. The summed E-state index contributed by atoms with van der Waals surface area (Å²) in [5, 5.41) is 0.479. The van der Waals surface area contributed by atoms with Gasteiger partial charge in [0.25, 0.3) is 5.91 Å². The number of hydrogen-bond acceptors (Lipinski definition) is 5. The maximum atomic E-state index is 12.1. The van der Waals surface area contributed by atoms with Crippen molar-refractivity contribution in [2.75, 3.05) is 18.0 Å². The number of carbonyl (C=O) groups is 1. The molecule has 158 valence electrons. The lowest BCUT2D eigenvalue weighted by atomic mass is 10.1. The van der Waals surface area contributed by atoms with E-state index in [4.69, 9.17) is 26.8 Å². The highest BCUT2D eigenvalue weighted by molar-refractivity contribution is 6.31. The molecule has 30 heavy (non-hydrogen) atoms. The Kier molecular flexibility index (Phi) is 7.36. The molecule has 1 fully saturated rings. The van der Waals surface area contributed by atoms with Gasteiger partial charge in [-0.05, 0) is 55.8 Å². The first kappa shape index (κ1) is 21.7. The number of halogens is 1. The third-order valence-corrected chi connectivity index (χ3v) is 4.98. The number of carbonyl (C=O) groups excluding carboxylic acids is 1. The Morgan fingerprint density at radius 1 is 1.40 bits per heavy atom. The van der Waals surface area contributed by atoms with Gasteiger partial charge in [-0.15, -0.1) is 0 Å². The third kappa shape index (κ3) is 5.33. The number of primary amides is 1. The van der Waals surface area contributed by atoms with Crippen LogP contribution in [0.4, 0.5) is 5.69 Å². The van der Waals surface area contributed by atoms with Crippen molar-refractivity contribution in [3.8, 4) is 11.6 Å². The molecule has 0 bridgehead atoms. The first-order valence-corrected chi connectivity index (χ1v) is 10.4. The molecular formula is C23H26ClN3O3. The molecule has 1 aromatic heterocycles. The summed E-state index contributed by atoms with van der Waals surface area (Å²) >= 11 is 6.14. The third-order valence-electron chi connectivity index (χ3n) is 4.69. The Hall–Kier alpha value is -2.99. The predicted octanol–water partition coefficient (Wildman–Crippen LogP) is 4.74. The Bertz CT molecular complexity index is 958. The van der Waals surface area contributed by atoms with E-state index >= 15 is 0 Å². The molecule has 0 spiro atoms. The number of benzene rings is 1. The van der Waals surface area contributed by atoms with E-state index in [9.17, 15) is 4.79 Å². The number of nitrogens with two attached hydrogens (primary N) is 1. The van der Waals surface area contributed by atoms with Gasteiger partial charge >= 0.3 is 0 Å². The summed E-state index contributed by atoms with van der Waals surface area (Å²) in [7, 11) is 0. The van der Waals surface area contributed by atoms with Crippen molar-refractivity contribution < 1.29 is 14.3 Å². The maximum Gasteiger partial charge on any atom is 0.250 e. The van der Waals surface area contributed by atoms with Crippen molar-refractivity contribution >= 4 is 23.2 Å². The van der Waals surface area contributed by atoms with Crippen LogP contribution >= 0.6 is 11.6 Å². The fourth-order valence-corrected chi connectivity index (χ4v) is 3.52. The van der Waals surface area contributed by atoms with Gasteiger partial charge in [0, 0.05) is 24.8 Å². The number of nitrogens with zero attached hydrogens (tertiary/aromatic N) is 2. The molecule has 2 aromatic rings. The number of ether oxygens (including phenoxy) is 2. The van der Waals surface area contributed by atoms with Crippen molar-refractivity contribution in [2.45, 2.75) is 32.8 Å². The molecule has 6 nitrogen and oxygen atoms in total. The highest BCUT2D eigenvalue weighted by atomic mass is 35.5. The van der Waals surface area contributed by atoms with Crippen molar-refractivity contribution in [3.05, 3.63) is 71.1 Å². The van der Waals surface area contributed by atoms with E-state index in [1.165, 1.54) is 0 Å². The molecule has 2 N–H and O–H groups in total. The van der Waals surface area contributed by atoms with Crippen molar-refractivity contribution in [2.24, 2.45) is 5.73 Å². The summed E-state index contributed by atoms with van der Waals surface area (Å²) in [6.07, 6.45) is 8.96. The largest absolute Gasteiger partial charge is 0.471 e. The number of allylic oxidation sites excluding steroid dienone is 3. The van der Waals surface area contributed by atoms with E-state index in [0.717, 1.165) is 30.8 Å². The molecule has 0 radical (unpaired) electrons.